The molecular weight excluding hydrogens is 237 g/mol. The molecule has 0 saturated heterocycles. The Labute approximate surface area is 94.7 Å². The zero-order valence-corrected chi connectivity index (χ0v) is 9.07. The molecule has 0 spiro atoms. The number of thiazole rings is 1. The van der Waals surface area contributed by atoms with Crippen molar-refractivity contribution in [2.24, 2.45) is 5.84 Å². The van der Waals surface area contributed by atoms with Gasteiger partial charge in [0.1, 0.15) is 10.8 Å². The fourth-order valence-electron chi connectivity index (χ4n) is 1.13. The minimum Gasteiger partial charge on any atom is -0.308 e. The van der Waals surface area contributed by atoms with Crippen molar-refractivity contribution in [3.63, 3.8) is 0 Å². The molecule has 2 rings (SSSR count). The summed E-state index contributed by atoms with van der Waals surface area (Å²) in [6.45, 7) is 0. The van der Waals surface area contributed by atoms with Gasteiger partial charge in [-0.3, -0.25) is 0 Å². The average molecular weight is 244 g/mol. The van der Waals surface area contributed by atoms with Gasteiger partial charge in [-0.25, -0.2) is 15.2 Å². The number of rotatable bonds is 2. The topological polar surface area (TPSA) is 50.9 Å². The van der Waals surface area contributed by atoms with Gasteiger partial charge in [0.25, 0.3) is 0 Å². The van der Waals surface area contributed by atoms with E-state index in [1.54, 1.807) is 5.38 Å². The molecule has 0 aliphatic rings. The first-order valence-corrected chi connectivity index (χ1v) is 5.34. The summed E-state index contributed by atoms with van der Waals surface area (Å²) in [6, 6.07) is 4.35. The quantitative estimate of drug-likeness (QED) is 0.630. The summed E-state index contributed by atoms with van der Waals surface area (Å²) in [5.41, 5.74) is 2.78. The van der Waals surface area contributed by atoms with Crippen molar-refractivity contribution < 1.29 is 4.39 Å². The Balaban J connectivity index is 2.48. The zero-order chi connectivity index (χ0) is 10.8. The van der Waals surface area contributed by atoms with Crippen molar-refractivity contribution in [3.8, 4) is 10.6 Å². The first-order chi connectivity index (χ1) is 7.20. The molecule has 0 amide bonds. The van der Waals surface area contributed by atoms with E-state index in [0.717, 1.165) is 0 Å². The zero-order valence-electron chi connectivity index (χ0n) is 7.50. The minimum absolute atomic E-state index is 0.350. The maximum absolute atomic E-state index is 13.4. The summed E-state index contributed by atoms with van der Waals surface area (Å²) in [4.78, 5) is 4.08. The lowest BCUT2D eigenvalue weighted by atomic mass is 10.2. The third kappa shape index (κ3) is 2.09. The summed E-state index contributed by atoms with van der Waals surface area (Å²) in [6.07, 6.45) is 0. The van der Waals surface area contributed by atoms with Crippen LogP contribution in [0.15, 0.2) is 23.6 Å². The van der Waals surface area contributed by atoms with E-state index in [2.05, 4.69) is 10.4 Å². The molecule has 2 aromatic rings. The molecule has 1 aromatic carbocycles. The van der Waals surface area contributed by atoms with E-state index < -0.39 is 0 Å². The molecule has 3 nitrogen and oxygen atoms in total. The van der Waals surface area contributed by atoms with Crippen LogP contribution in [0.5, 0.6) is 0 Å². The van der Waals surface area contributed by atoms with Gasteiger partial charge in [0.05, 0.1) is 0 Å². The van der Waals surface area contributed by atoms with Crippen LogP contribution in [0.1, 0.15) is 0 Å². The second kappa shape index (κ2) is 4.14. The molecule has 0 saturated carbocycles. The van der Waals surface area contributed by atoms with E-state index in [0.29, 0.717) is 21.4 Å². The molecule has 6 heteroatoms. The monoisotopic (exact) mass is 243 g/mol. The van der Waals surface area contributed by atoms with Gasteiger partial charge in [-0.05, 0) is 18.2 Å². The standard InChI is InChI=1S/C9H7ClFN3S/c10-5-1-2-7(11)6(3-5)9-13-8(14-12)4-15-9/h1-4,14H,12H2. The Morgan fingerprint density at radius 3 is 2.93 bits per heavy atom. The number of hydrogen-bond acceptors (Lipinski definition) is 4. The lowest BCUT2D eigenvalue weighted by molar-refractivity contribution is 0.631. The Hall–Kier alpha value is -1.17. The largest absolute Gasteiger partial charge is 0.308 e. The molecule has 0 aliphatic carbocycles. The number of hydrogen-bond donors (Lipinski definition) is 2. The van der Waals surface area contributed by atoms with Crippen molar-refractivity contribution in [3.05, 3.63) is 34.4 Å². The van der Waals surface area contributed by atoms with Crippen LogP contribution in [0.25, 0.3) is 10.6 Å². The Bertz CT molecular complexity index is 486. The van der Waals surface area contributed by atoms with Crippen molar-refractivity contribution in [1.29, 1.82) is 0 Å². The van der Waals surface area contributed by atoms with Gasteiger partial charge in [-0.1, -0.05) is 11.6 Å². The van der Waals surface area contributed by atoms with E-state index in [1.165, 1.54) is 29.5 Å². The average Bonchev–Trinajstić information content (AvgIpc) is 2.70. The summed E-state index contributed by atoms with van der Waals surface area (Å²) < 4.78 is 13.4. The first-order valence-electron chi connectivity index (χ1n) is 4.08. The van der Waals surface area contributed by atoms with Gasteiger partial charge < -0.3 is 5.43 Å². The number of nitrogen functional groups attached to an aromatic ring is 1. The highest BCUT2D eigenvalue weighted by Gasteiger charge is 2.09. The number of nitrogens with zero attached hydrogens (tertiary/aromatic N) is 1. The summed E-state index contributed by atoms with van der Waals surface area (Å²) in [5.74, 6) is 5.34. The van der Waals surface area contributed by atoms with Crippen molar-refractivity contribution in [1.82, 2.24) is 4.98 Å². The van der Waals surface area contributed by atoms with Crippen molar-refractivity contribution >= 4 is 28.8 Å². The van der Waals surface area contributed by atoms with Gasteiger partial charge in [-0.2, -0.15) is 0 Å². The Morgan fingerprint density at radius 1 is 1.47 bits per heavy atom. The van der Waals surface area contributed by atoms with Crippen LogP contribution in [0, 0.1) is 5.82 Å². The SMILES string of the molecule is NNc1csc(-c2cc(Cl)ccc2F)n1. The predicted octanol–water partition coefficient (Wildman–Crippen LogP) is 2.89. The van der Waals surface area contributed by atoms with E-state index in [-0.39, 0.29) is 5.82 Å². The van der Waals surface area contributed by atoms with Crippen LogP contribution in [0.4, 0.5) is 10.2 Å². The third-order valence-corrected chi connectivity index (χ3v) is 2.92. The molecule has 78 valence electrons. The molecule has 1 heterocycles. The van der Waals surface area contributed by atoms with Crippen LogP contribution in [0.3, 0.4) is 0 Å². The smallest absolute Gasteiger partial charge is 0.151 e. The molecule has 0 bridgehead atoms. The van der Waals surface area contributed by atoms with Crippen LogP contribution in [0.2, 0.25) is 5.02 Å². The predicted molar refractivity (Wildman–Crippen MR) is 60.3 cm³/mol. The Kier molecular flexibility index (Phi) is 2.86. The highest BCUT2D eigenvalue weighted by atomic mass is 35.5. The van der Waals surface area contributed by atoms with Crippen LogP contribution >= 0.6 is 22.9 Å². The van der Waals surface area contributed by atoms with Crippen LogP contribution < -0.4 is 11.3 Å². The molecule has 3 N–H and O–H groups in total. The lowest BCUT2D eigenvalue weighted by Crippen LogP contribution is -2.06. The molecule has 0 aliphatic heterocycles. The van der Waals surface area contributed by atoms with Gasteiger partial charge in [0.15, 0.2) is 5.82 Å². The van der Waals surface area contributed by atoms with Crippen LogP contribution in [-0.4, -0.2) is 4.98 Å². The van der Waals surface area contributed by atoms with Gasteiger partial charge in [0.2, 0.25) is 0 Å². The number of hydrazine groups is 1. The fourth-order valence-corrected chi connectivity index (χ4v) is 2.08. The minimum atomic E-state index is -0.350. The molecule has 0 unspecified atom stereocenters. The molecular formula is C9H7ClFN3S. The van der Waals surface area contributed by atoms with Crippen molar-refractivity contribution in [2.75, 3.05) is 5.43 Å². The highest BCUT2D eigenvalue weighted by molar-refractivity contribution is 7.13. The molecule has 1 aromatic heterocycles. The van der Waals surface area contributed by atoms with Crippen LogP contribution in [-0.2, 0) is 0 Å². The van der Waals surface area contributed by atoms with E-state index in [1.807, 2.05) is 0 Å². The molecule has 0 atom stereocenters. The number of nitrogens with one attached hydrogen (secondary N) is 1. The second-order valence-corrected chi connectivity index (χ2v) is 4.10. The molecule has 15 heavy (non-hydrogen) atoms. The van der Waals surface area contributed by atoms with Crippen molar-refractivity contribution in [2.45, 2.75) is 0 Å². The molecule has 0 fully saturated rings. The summed E-state index contributed by atoms with van der Waals surface area (Å²) in [7, 11) is 0. The summed E-state index contributed by atoms with van der Waals surface area (Å²) in [5, 5.41) is 2.72. The third-order valence-electron chi connectivity index (χ3n) is 1.81. The second-order valence-electron chi connectivity index (χ2n) is 2.81. The van der Waals surface area contributed by atoms with E-state index in [9.17, 15) is 4.39 Å². The summed E-state index contributed by atoms with van der Waals surface area (Å²) >= 11 is 7.08. The van der Waals surface area contributed by atoms with Gasteiger partial charge in [-0.15, -0.1) is 11.3 Å². The Morgan fingerprint density at radius 2 is 2.27 bits per heavy atom. The molecule has 0 radical (unpaired) electrons. The normalized spacial score (nSPS) is 10.3. The maximum atomic E-state index is 13.4. The van der Waals surface area contributed by atoms with Gasteiger partial charge >= 0.3 is 0 Å². The number of aromatic nitrogens is 1. The van der Waals surface area contributed by atoms with E-state index >= 15 is 0 Å². The number of halogens is 2. The maximum Gasteiger partial charge on any atom is 0.151 e. The first kappa shape index (κ1) is 10.4. The number of anilines is 1. The lowest BCUT2D eigenvalue weighted by Gasteiger charge is -1.99. The fraction of sp³-hybridized carbons (Fsp3) is 0. The van der Waals surface area contributed by atoms with Gasteiger partial charge in [0, 0.05) is 16.0 Å². The van der Waals surface area contributed by atoms with E-state index in [4.69, 9.17) is 17.4 Å². The number of nitrogens with two attached hydrogens (primary N) is 1. The number of benzene rings is 1. The highest BCUT2D eigenvalue weighted by Crippen LogP contribution is 2.29.